The Morgan fingerprint density at radius 1 is 1.16 bits per heavy atom. The van der Waals surface area contributed by atoms with Crippen molar-refractivity contribution in [1.82, 2.24) is 20.2 Å². The molecule has 4 rings (SSSR count). The number of amides is 1. The van der Waals surface area contributed by atoms with Crippen LogP contribution in [0.5, 0.6) is 0 Å². The van der Waals surface area contributed by atoms with Crippen LogP contribution in [0.15, 0.2) is 47.0 Å². The van der Waals surface area contributed by atoms with E-state index in [1.54, 1.807) is 0 Å². The van der Waals surface area contributed by atoms with Crippen LogP contribution < -0.4 is 4.90 Å². The summed E-state index contributed by atoms with van der Waals surface area (Å²) in [6, 6.07) is 7.24. The lowest BCUT2D eigenvalue weighted by Gasteiger charge is -2.43. The Labute approximate surface area is 202 Å². The van der Waals surface area contributed by atoms with Gasteiger partial charge < -0.3 is 14.2 Å². The van der Waals surface area contributed by atoms with Crippen molar-refractivity contribution in [3.8, 4) is 11.5 Å². The summed E-state index contributed by atoms with van der Waals surface area (Å²) in [7, 11) is 0. The number of hydrogen-bond donors (Lipinski definition) is 0. The summed E-state index contributed by atoms with van der Waals surface area (Å²) in [5, 5.41) is 7.00. The number of carbonyl (C=O) groups excluding carboxylic acids is 2. The molecule has 1 aromatic carbocycles. The van der Waals surface area contributed by atoms with Crippen molar-refractivity contribution in [3.63, 3.8) is 0 Å². The van der Waals surface area contributed by atoms with Gasteiger partial charge in [0.05, 0.1) is 30.9 Å². The van der Waals surface area contributed by atoms with Crippen LogP contribution in [0.25, 0.3) is 11.5 Å². The van der Waals surface area contributed by atoms with Gasteiger partial charge in [-0.1, -0.05) is 6.07 Å². The van der Waals surface area contributed by atoms with Crippen molar-refractivity contribution in [2.45, 2.75) is 24.8 Å². The van der Waals surface area contributed by atoms with E-state index in [2.05, 4.69) is 20.0 Å². The SMILES string of the molecule is O=C(ON1CC(F)(C(=O)N(Cc2ccc(-c3nnc(C(F)F)o3)cn2)c2cccc(F)c2)C1)C(F)(F)F. The first-order chi connectivity index (χ1) is 17.4. The number of carbonyl (C=O) groups is 2. The number of pyridine rings is 1. The van der Waals surface area contributed by atoms with Gasteiger partial charge in [0.2, 0.25) is 11.6 Å². The smallest absolute Gasteiger partial charge is 0.415 e. The summed E-state index contributed by atoms with van der Waals surface area (Å²) in [4.78, 5) is 32.9. The third-order valence-electron chi connectivity index (χ3n) is 5.06. The number of alkyl halides is 6. The Kier molecular flexibility index (Phi) is 6.86. The summed E-state index contributed by atoms with van der Waals surface area (Å²) in [6.07, 6.45) is -7.13. The Morgan fingerprint density at radius 2 is 1.89 bits per heavy atom. The first-order valence-corrected chi connectivity index (χ1v) is 10.2. The lowest BCUT2D eigenvalue weighted by Crippen LogP contribution is -2.67. The zero-order chi connectivity index (χ0) is 27.0. The third-order valence-corrected chi connectivity index (χ3v) is 5.06. The molecule has 0 atom stereocenters. The van der Waals surface area contributed by atoms with Gasteiger partial charge in [0.15, 0.2) is 0 Å². The molecule has 3 aromatic rings. The predicted octanol–water partition coefficient (Wildman–Crippen LogP) is 3.79. The van der Waals surface area contributed by atoms with Crippen LogP contribution in [0.1, 0.15) is 18.0 Å². The summed E-state index contributed by atoms with van der Waals surface area (Å²) in [5.74, 6) is -5.73. The van der Waals surface area contributed by atoms with Crippen molar-refractivity contribution in [2.24, 2.45) is 0 Å². The maximum absolute atomic E-state index is 15.3. The van der Waals surface area contributed by atoms with E-state index < -0.39 is 61.5 Å². The van der Waals surface area contributed by atoms with Crippen LogP contribution >= 0.6 is 0 Å². The molecule has 1 amide bonds. The fraction of sp³-hybridized carbons (Fsp3) is 0.286. The van der Waals surface area contributed by atoms with Crippen LogP contribution in [0, 0.1) is 5.82 Å². The minimum absolute atomic E-state index is 0.0860. The molecule has 0 saturated carbocycles. The standard InChI is InChI=1S/C21H14F7N5O4/c22-12-2-1-3-14(6-12)33(18(34)20(25)9-32(10-20)37-19(35)21(26,27)28)8-13-5-4-11(7-29-13)16-30-31-17(36-16)15(23)24/h1-7,15H,8-10H2. The first kappa shape index (κ1) is 26.0. The van der Waals surface area contributed by atoms with Crippen molar-refractivity contribution in [1.29, 1.82) is 0 Å². The third kappa shape index (κ3) is 5.68. The zero-order valence-corrected chi connectivity index (χ0v) is 18.3. The highest BCUT2D eigenvalue weighted by Crippen LogP contribution is 2.32. The second-order valence-corrected chi connectivity index (χ2v) is 7.80. The Balaban J connectivity index is 1.52. The topological polar surface area (TPSA) is 102 Å². The van der Waals surface area contributed by atoms with Crippen LogP contribution in [0.4, 0.5) is 36.4 Å². The van der Waals surface area contributed by atoms with E-state index in [9.17, 15) is 35.9 Å². The summed E-state index contributed by atoms with van der Waals surface area (Å²) in [5.41, 5.74) is -2.54. The average molecular weight is 533 g/mol. The van der Waals surface area contributed by atoms with Crippen LogP contribution in [-0.4, -0.2) is 57.1 Å². The van der Waals surface area contributed by atoms with Gasteiger partial charge in [-0.15, -0.1) is 15.3 Å². The lowest BCUT2D eigenvalue weighted by molar-refractivity contribution is -0.269. The summed E-state index contributed by atoms with van der Waals surface area (Å²) >= 11 is 0. The minimum Gasteiger partial charge on any atom is -0.415 e. The van der Waals surface area contributed by atoms with Gasteiger partial charge >= 0.3 is 18.6 Å². The fourth-order valence-electron chi connectivity index (χ4n) is 3.29. The largest absolute Gasteiger partial charge is 0.492 e. The molecule has 2 aromatic heterocycles. The maximum Gasteiger partial charge on any atom is 0.492 e. The molecule has 0 aliphatic carbocycles. The van der Waals surface area contributed by atoms with Gasteiger partial charge in [0.25, 0.3) is 11.8 Å². The second kappa shape index (κ2) is 9.76. The molecular weight excluding hydrogens is 519 g/mol. The maximum atomic E-state index is 15.3. The lowest BCUT2D eigenvalue weighted by atomic mass is 9.96. The number of hydroxylamine groups is 2. The zero-order valence-electron chi connectivity index (χ0n) is 18.3. The molecular formula is C21H14F7N5O4. The van der Waals surface area contributed by atoms with E-state index in [0.717, 1.165) is 17.0 Å². The van der Waals surface area contributed by atoms with Crippen LogP contribution in [0.2, 0.25) is 0 Å². The number of halogens is 7. The summed E-state index contributed by atoms with van der Waals surface area (Å²) < 4.78 is 96.3. The highest BCUT2D eigenvalue weighted by Gasteiger charge is 2.56. The molecule has 37 heavy (non-hydrogen) atoms. The van der Waals surface area contributed by atoms with Gasteiger partial charge in [0.1, 0.15) is 5.82 Å². The minimum atomic E-state index is -5.31. The van der Waals surface area contributed by atoms with E-state index in [1.807, 2.05) is 0 Å². The quantitative estimate of drug-likeness (QED) is 0.423. The predicted molar refractivity (Wildman–Crippen MR) is 108 cm³/mol. The van der Waals surface area contributed by atoms with Gasteiger partial charge in [0, 0.05) is 11.9 Å². The van der Waals surface area contributed by atoms with E-state index >= 15 is 4.39 Å². The number of nitrogens with zero attached hydrogens (tertiary/aromatic N) is 5. The van der Waals surface area contributed by atoms with Crippen molar-refractivity contribution in [2.75, 3.05) is 18.0 Å². The van der Waals surface area contributed by atoms with Crippen molar-refractivity contribution >= 4 is 17.6 Å². The molecule has 1 aliphatic heterocycles. The second-order valence-electron chi connectivity index (χ2n) is 7.80. The van der Waals surface area contributed by atoms with E-state index in [-0.39, 0.29) is 22.8 Å². The number of benzene rings is 1. The van der Waals surface area contributed by atoms with E-state index in [0.29, 0.717) is 5.06 Å². The molecule has 16 heteroatoms. The van der Waals surface area contributed by atoms with Gasteiger partial charge in [-0.05, 0) is 30.3 Å². The molecule has 0 bridgehead atoms. The molecule has 1 aliphatic rings. The van der Waals surface area contributed by atoms with Crippen molar-refractivity contribution in [3.05, 3.63) is 60.0 Å². The molecule has 0 spiro atoms. The number of anilines is 1. The highest BCUT2D eigenvalue weighted by molar-refractivity contribution is 6.00. The molecule has 1 fully saturated rings. The first-order valence-electron chi connectivity index (χ1n) is 10.2. The molecule has 1 saturated heterocycles. The van der Waals surface area contributed by atoms with Crippen LogP contribution in [-0.2, 0) is 21.0 Å². The molecule has 3 heterocycles. The molecule has 0 N–H and O–H groups in total. The molecule has 0 unspecified atom stereocenters. The van der Waals surface area contributed by atoms with E-state index in [1.165, 1.54) is 30.5 Å². The van der Waals surface area contributed by atoms with Gasteiger partial charge in [-0.3, -0.25) is 9.78 Å². The van der Waals surface area contributed by atoms with Crippen LogP contribution in [0.3, 0.4) is 0 Å². The van der Waals surface area contributed by atoms with Gasteiger partial charge in [-0.25, -0.2) is 13.6 Å². The number of aromatic nitrogens is 3. The van der Waals surface area contributed by atoms with Gasteiger partial charge in [-0.2, -0.15) is 22.0 Å². The highest BCUT2D eigenvalue weighted by atomic mass is 19.4. The Hall–Kier alpha value is -4.08. The fourth-order valence-corrected chi connectivity index (χ4v) is 3.29. The Morgan fingerprint density at radius 3 is 2.46 bits per heavy atom. The van der Waals surface area contributed by atoms with Crippen molar-refractivity contribution < 1.29 is 49.6 Å². The Bertz CT molecular complexity index is 1290. The number of hydrogen-bond acceptors (Lipinski definition) is 8. The summed E-state index contributed by atoms with van der Waals surface area (Å²) in [6.45, 7) is -2.40. The molecule has 0 radical (unpaired) electrons. The van der Waals surface area contributed by atoms with E-state index in [4.69, 9.17) is 4.42 Å². The molecule has 9 nitrogen and oxygen atoms in total. The molecule has 196 valence electrons. The number of rotatable bonds is 7. The average Bonchev–Trinajstić information content (AvgIpc) is 3.31. The monoisotopic (exact) mass is 533 g/mol. The normalized spacial score (nSPS) is 15.4.